The maximum atomic E-state index is 10.6. The number of aliphatic carboxylic acids is 1. The Morgan fingerprint density at radius 1 is 1.38 bits per heavy atom. The van der Waals surface area contributed by atoms with Gasteiger partial charge in [0, 0.05) is 0 Å². The number of hydrogen-bond donors (Lipinski definition) is 3. The highest BCUT2D eigenvalue weighted by Crippen LogP contribution is 2.00. The lowest BCUT2D eigenvalue weighted by Gasteiger charge is -2.30. The van der Waals surface area contributed by atoms with E-state index in [9.17, 15) is 13.2 Å². The van der Waals surface area contributed by atoms with E-state index in [1.165, 1.54) is 21.1 Å². The lowest BCUT2D eigenvalue weighted by Crippen LogP contribution is -2.59. The molecule has 7 nitrogen and oxygen atoms in total. The van der Waals surface area contributed by atoms with Crippen LogP contribution in [0.15, 0.2) is 0 Å². The molecule has 0 rings (SSSR count). The number of quaternary nitrogens is 1. The number of carboxylic acids is 1. The van der Waals surface area contributed by atoms with Crippen LogP contribution >= 0.6 is 0 Å². The molecule has 3 N–H and O–H groups in total. The van der Waals surface area contributed by atoms with Crippen molar-refractivity contribution in [1.82, 2.24) is 4.72 Å². The molecule has 78 valence electrons. The molecule has 0 aromatic heterocycles. The molecule has 1 unspecified atom stereocenters. The first kappa shape index (κ1) is 12.3. The van der Waals surface area contributed by atoms with E-state index in [4.69, 9.17) is 9.66 Å². The highest BCUT2D eigenvalue weighted by Gasteiger charge is 2.34. The van der Waals surface area contributed by atoms with Crippen LogP contribution in [0.4, 0.5) is 0 Å². The third kappa shape index (κ3) is 4.78. The molecule has 0 aromatic carbocycles. The molecular weight excluding hydrogens is 200 g/mol. The summed E-state index contributed by atoms with van der Waals surface area (Å²) in [5, 5.41) is 8.62. The smallest absolute Gasteiger partial charge is 0.380 e. The van der Waals surface area contributed by atoms with Gasteiger partial charge < -0.3 is 9.59 Å². The summed E-state index contributed by atoms with van der Waals surface area (Å²) in [4.78, 5) is 10.6. The van der Waals surface area contributed by atoms with Crippen LogP contribution in [-0.4, -0.2) is 55.8 Å². The minimum absolute atomic E-state index is 0.172. The lowest BCUT2D eigenvalue weighted by atomic mass is 10.4. The Bertz CT molecular complexity index is 291. The standard InChI is InChI=1S/C5H12N2O5S/c1-7(2,3)4(5(8)9)6-13(10,11)12/h4,6H,1-3H3,(H-,8,9,10,11,12)/p+1. The largest absolute Gasteiger partial charge is 0.476 e. The van der Waals surface area contributed by atoms with Crippen LogP contribution in [0.1, 0.15) is 0 Å². The van der Waals surface area contributed by atoms with Crippen LogP contribution in [0.3, 0.4) is 0 Å². The molecule has 0 fully saturated rings. The Kier molecular flexibility index (Phi) is 3.39. The first-order chi connectivity index (χ1) is 5.54. The zero-order valence-corrected chi connectivity index (χ0v) is 8.37. The Balaban J connectivity index is 4.77. The number of rotatable bonds is 4. The van der Waals surface area contributed by atoms with Gasteiger partial charge in [0.2, 0.25) is 0 Å². The topological polar surface area (TPSA) is 104 Å². The monoisotopic (exact) mass is 213 g/mol. The van der Waals surface area contributed by atoms with Crippen molar-refractivity contribution in [2.45, 2.75) is 6.17 Å². The summed E-state index contributed by atoms with van der Waals surface area (Å²) in [6, 6.07) is 0. The fourth-order valence-electron chi connectivity index (χ4n) is 0.681. The van der Waals surface area contributed by atoms with E-state index in [0.717, 1.165) is 0 Å². The van der Waals surface area contributed by atoms with Gasteiger partial charge >= 0.3 is 16.3 Å². The molecule has 0 spiro atoms. The molecule has 0 aliphatic carbocycles. The minimum Gasteiger partial charge on any atom is -0.476 e. The predicted octanol–water partition coefficient (Wildman–Crippen LogP) is -1.50. The molecule has 0 saturated carbocycles. The van der Waals surface area contributed by atoms with Gasteiger partial charge in [0.05, 0.1) is 21.1 Å². The Hall–Kier alpha value is -0.700. The molecule has 0 aliphatic rings. The second kappa shape index (κ2) is 3.58. The summed E-state index contributed by atoms with van der Waals surface area (Å²) in [5.41, 5.74) is 0. The van der Waals surface area contributed by atoms with E-state index in [0.29, 0.717) is 0 Å². The van der Waals surface area contributed by atoms with Crippen molar-refractivity contribution in [2.24, 2.45) is 0 Å². The van der Waals surface area contributed by atoms with Crippen LogP contribution in [0.25, 0.3) is 0 Å². The number of carboxylic acid groups (broad SMARTS) is 1. The Labute approximate surface area is 76.4 Å². The molecule has 13 heavy (non-hydrogen) atoms. The Morgan fingerprint density at radius 3 is 1.85 bits per heavy atom. The van der Waals surface area contributed by atoms with E-state index < -0.39 is 22.4 Å². The lowest BCUT2D eigenvalue weighted by molar-refractivity contribution is -0.888. The fraction of sp³-hybridized carbons (Fsp3) is 0.800. The van der Waals surface area contributed by atoms with Crippen molar-refractivity contribution >= 4 is 16.3 Å². The van der Waals surface area contributed by atoms with Crippen molar-refractivity contribution in [3.05, 3.63) is 0 Å². The maximum absolute atomic E-state index is 10.6. The second-order valence-corrected chi connectivity index (χ2v) is 4.64. The quantitative estimate of drug-likeness (QED) is 0.299. The molecule has 1 atom stereocenters. The molecule has 0 aromatic rings. The number of carbonyl (C=O) groups is 1. The summed E-state index contributed by atoms with van der Waals surface area (Å²) >= 11 is 0. The van der Waals surface area contributed by atoms with Gasteiger partial charge in [-0.2, -0.15) is 8.42 Å². The van der Waals surface area contributed by atoms with Crippen molar-refractivity contribution in [2.75, 3.05) is 21.1 Å². The molecule has 8 heteroatoms. The van der Waals surface area contributed by atoms with Crippen LogP contribution in [0.2, 0.25) is 0 Å². The van der Waals surface area contributed by atoms with Crippen molar-refractivity contribution in [3.8, 4) is 0 Å². The zero-order valence-electron chi connectivity index (χ0n) is 7.55. The SMILES string of the molecule is C[N+](C)(C)C(NS(=O)(=O)O)C(=O)O. The van der Waals surface area contributed by atoms with E-state index >= 15 is 0 Å². The van der Waals surface area contributed by atoms with Gasteiger partial charge in [-0.15, -0.1) is 4.72 Å². The van der Waals surface area contributed by atoms with E-state index in [1.807, 2.05) is 0 Å². The highest BCUT2D eigenvalue weighted by atomic mass is 32.2. The maximum Gasteiger partial charge on any atom is 0.380 e. The van der Waals surface area contributed by atoms with Gasteiger partial charge in [0.1, 0.15) is 0 Å². The summed E-state index contributed by atoms with van der Waals surface area (Å²) in [5.74, 6) is -1.36. The van der Waals surface area contributed by atoms with Crippen molar-refractivity contribution < 1.29 is 27.4 Å². The average Bonchev–Trinajstić information content (AvgIpc) is 1.77. The summed E-state index contributed by atoms with van der Waals surface area (Å²) in [6.45, 7) is 0. The molecular formula is C5H13N2O5S+. The molecule has 0 saturated heterocycles. The zero-order chi connectivity index (χ0) is 10.9. The first-order valence-electron chi connectivity index (χ1n) is 3.32. The first-order valence-corrected chi connectivity index (χ1v) is 4.77. The molecule has 0 aliphatic heterocycles. The van der Waals surface area contributed by atoms with Crippen LogP contribution < -0.4 is 4.72 Å². The third-order valence-electron chi connectivity index (χ3n) is 1.27. The van der Waals surface area contributed by atoms with Gasteiger partial charge in [-0.25, -0.2) is 4.79 Å². The van der Waals surface area contributed by atoms with Crippen LogP contribution in [-0.2, 0) is 15.1 Å². The van der Waals surface area contributed by atoms with E-state index in [2.05, 4.69) is 0 Å². The second-order valence-electron chi connectivity index (χ2n) is 3.45. The van der Waals surface area contributed by atoms with Gasteiger partial charge in [0.15, 0.2) is 0 Å². The van der Waals surface area contributed by atoms with Crippen molar-refractivity contribution in [1.29, 1.82) is 0 Å². The van der Waals surface area contributed by atoms with E-state index in [-0.39, 0.29) is 4.48 Å². The molecule has 0 heterocycles. The third-order valence-corrected chi connectivity index (χ3v) is 1.79. The number of hydrogen-bond acceptors (Lipinski definition) is 3. The fourth-order valence-corrected chi connectivity index (χ4v) is 1.38. The average molecular weight is 213 g/mol. The van der Waals surface area contributed by atoms with Crippen molar-refractivity contribution in [3.63, 3.8) is 0 Å². The number of likely N-dealkylation sites (N-methyl/N-ethyl adjacent to an activating group) is 1. The van der Waals surface area contributed by atoms with Gasteiger partial charge in [-0.1, -0.05) is 0 Å². The van der Waals surface area contributed by atoms with Crippen LogP contribution in [0, 0.1) is 0 Å². The number of nitrogens with one attached hydrogen (secondary N) is 1. The molecule has 0 radical (unpaired) electrons. The van der Waals surface area contributed by atoms with Gasteiger partial charge in [0.25, 0.3) is 6.17 Å². The van der Waals surface area contributed by atoms with Gasteiger partial charge in [-0.05, 0) is 0 Å². The summed E-state index contributed by atoms with van der Waals surface area (Å²) in [6.07, 6.45) is -1.41. The summed E-state index contributed by atoms with van der Waals surface area (Å²) in [7, 11) is -0.0487. The predicted molar refractivity (Wildman–Crippen MR) is 44.1 cm³/mol. The van der Waals surface area contributed by atoms with E-state index in [1.54, 1.807) is 4.72 Å². The molecule has 0 amide bonds. The van der Waals surface area contributed by atoms with Gasteiger partial charge in [-0.3, -0.25) is 4.55 Å². The number of nitrogens with zero attached hydrogens (tertiary/aromatic N) is 1. The molecule has 0 bridgehead atoms. The minimum atomic E-state index is -4.50. The normalized spacial score (nSPS) is 15.4. The highest BCUT2D eigenvalue weighted by molar-refractivity contribution is 7.83. The Morgan fingerprint density at radius 2 is 1.77 bits per heavy atom. The summed E-state index contributed by atoms with van der Waals surface area (Å²) < 4.78 is 30.5. The van der Waals surface area contributed by atoms with Crippen LogP contribution in [0.5, 0.6) is 0 Å².